The summed E-state index contributed by atoms with van der Waals surface area (Å²) in [6, 6.07) is 6.49. The van der Waals surface area contributed by atoms with Gasteiger partial charge in [0.25, 0.3) is 0 Å². The molecule has 2 N–H and O–H groups in total. The summed E-state index contributed by atoms with van der Waals surface area (Å²) in [7, 11) is 1.94. The zero-order valence-corrected chi connectivity index (χ0v) is 12.3. The van der Waals surface area contributed by atoms with Crippen LogP contribution in [0.4, 0.5) is 0 Å². The molecule has 2 aromatic rings. The molecule has 0 saturated heterocycles. The predicted molar refractivity (Wildman–Crippen MR) is 79.0 cm³/mol. The van der Waals surface area contributed by atoms with Gasteiger partial charge in [-0.3, -0.25) is 4.68 Å². The van der Waals surface area contributed by atoms with Crippen LogP contribution in [0.5, 0.6) is 0 Å². The molecule has 102 valence electrons. The van der Waals surface area contributed by atoms with Gasteiger partial charge in [0.1, 0.15) is 0 Å². The highest BCUT2D eigenvalue weighted by Gasteiger charge is 2.23. The van der Waals surface area contributed by atoms with E-state index in [4.69, 9.17) is 5.73 Å². The van der Waals surface area contributed by atoms with Crippen LogP contribution in [0.1, 0.15) is 35.6 Å². The molecule has 1 aromatic carbocycles. The summed E-state index contributed by atoms with van der Waals surface area (Å²) in [5.74, 6) is 0. The van der Waals surface area contributed by atoms with E-state index in [1.165, 1.54) is 22.3 Å². The van der Waals surface area contributed by atoms with Crippen LogP contribution in [0.15, 0.2) is 30.6 Å². The molecule has 3 heteroatoms. The van der Waals surface area contributed by atoms with Crippen LogP contribution < -0.4 is 5.73 Å². The molecule has 1 atom stereocenters. The Morgan fingerprint density at radius 3 is 2.68 bits per heavy atom. The highest BCUT2D eigenvalue weighted by Crippen LogP contribution is 2.27. The molecule has 3 nitrogen and oxygen atoms in total. The van der Waals surface area contributed by atoms with E-state index in [0.29, 0.717) is 0 Å². The zero-order valence-electron chi connectivity index (χ0n) is 12.3. The highest BCUT2D eigenvalue weighted by atomic mass is 15.2. The van der Waals surface area contributed by atoms with Crippen LogP contribution >= 0.6 is 0 Å². The van der Waals surface area contributed by atoms with E-state index in [0.717, 1.165) is 12.8 Å². The maximum absolute atomic E-state index is 6.54. The minimum atomic E-state index is -0.300. The van der Waals surface area contributed by atoms with Crippen molar-refractivity contribution in [1.29, 1.82) is 0 Å². The molecule has 2 rings (SSSR count). The van der Waals surface area contributed by atoms with Crippen molar-refractivity contribution in [2.24, 2.45) is 12.8 Å². The second-order valence-corrected chi connectivity index (χ2v) is 5.76. The van der Waals surface area contributed by atoms with Crippen LogP contribution in [-0.2, 0) is 19.0 Å². The third-order valence-corrected chi connectivity index (χ3v) is 3.70. The molecule has 0 fully saturated rings. The van der Waals surface area contributed by atoms with Crippen molar-refractivity contribution in [3.05, 3.63) is 52.8 Å². The molecule has 1 aromatic heterocycles. The van der Waals surface area contributed by atoms with Crippen LogP contribution in [0.2, 0.25) is 0 Å². The lowest BCUT2D eigenvalue weighted by molar-refractivity contribution is 0.450. The lowest BCUT2D eigenvalue weighted by atomic mass is 9.84. The summed E-state index contributed by atoms with van der Waals surface area (Å²) in [6.45, 7) is 6.36. The number of aryl methyl sites for hydroxylation is 4. The Hall–Kier alpha value is -1.61. The fourth-order valence-electron chi connectivity index (χ4n) is 2.49. The molecule has 0 amide bonds. The highest BCUT2D eigenvalue weighted by molar-refractivity contribution is 5.35. The SMILES string of the molecule is Cc1ccc(C)c(C(C)(N)CCc2cnn(C)c2)c1. The van der Waals surface area contributed by atoms with Crippen LogP contribution in [-0.4, -0.2) is 9.78 Å². The Balaban J connectivity index is 2.15. The molecule has 0 saturated carbocycles. The topological polar surface area (TPSA) is 43.8 Å². The second kappa shape index (κ2) is 5.17. The van der Waals surface area contributed by atoms with Crippen LogP contribution in [0.25, 0.3) is 0 Å². The molecule has 0 aliphatic rings. The summed E-state index contributed by atoms with van der Waals surface area (Å²) in [5, 5.41) is 4.20. The first-order chi connectivity index (χ1) is 8.88. The molecule has 0 spiro atoms. The van der Waals surface area contributed by atoms with Crippen LogP contribution in [0, 0.1) is 13.8 Å². The van der Waals surface area contributed by atoms with Gasteiger partial charge in [0, 0.05) is 18.8 Å². The minimum Gasteiger partial charge on any atom is -0.322 e. The molecule has 1 unspecified atom stereocenters. The van der Waals surface area contributed by atoms with Crippen molar-refractivity contribution in [3.63, 3.8) is 0 Å². The van der Waals surface area contributed by atoms with E-state index >= 15 is 0 Å². The largest absolute Gasteiger partial charge is 0.322 e. The maximum Gasteiger partial charge on any atom is 0.0521 e. The lowest BCUT2D eigenvalue weighted by Crippen LogP contribution is -2.34. The second-order valence-electron chi connectivity index (χ2n) is 5.76. The van der Waals surface area contributed by atoms with Crippen molar-refractivity contribution in [3.8, 4) is 0 Å². The average molecular weight is 257 g/mol. The fraction of sp³-hybridized carbons (Fsp3) is 0.438. The molecular weight excluding hydrogens is 234 g/mol. The summed E-state index contributed by atoms with van der Waals surface area (Å²) in [4.78, 5) is 0. The Bertz CT molecular complexity index is 567. The van der Waals surface area contributed by atoms with E-state index in [9.17, 15) is 0 Å². The number of aromatic nitrogens is 2. The summed E-state index contributed by atoms with van der Waals surface area (Å²) in [5.41, 5.74) is 11.3. The van der Waals surface area contributed by atoms with Gasteiger partial charge >= 0.3 is 0 Å². The van der Waals surface area contributed by atoms with Crippen molar-refractivity contribution in [2.45, 2.75) is 39.2 Å². The fourth-order valence-corrected chi connectivity index (χ4v) is 2.49. The van der Waals surface area contributed by atoms with E-state index in [1.54, 1.807) is 0 Å². The normalized spacial score (nSPS) is 14.4. The number of hydrogen-bond acceptors (Lipinski definition) is 2. The molecule has 0 aliphatic carbocycles. The molecule has 19 heavy (non-hydrogen) atoms. The van der Waals surface area contributed by atoms with E-state index in [1.807, 2.05) is 17.9 Å². The van der Waals surface area contributed by atoms with Gasteiger partial charge in [-0.25, -0.2) is 0 Å². The maximum atomic E-state index is 6.54. The molecule has 0 bridgehead atoms. The monoisotopic (exact) mass is 257 g/mol. The van der Waals surface area contributed by atoms with Crippen LogP contribution in [0.3, 0.4) is 0 Å². The molecule has 0 aliphatic heterocycles. The van der Waals surface area contributed by atoms with E-state index in [-0.39, 0.29) is 5.54 Å². The first kappa shape index (κ1) is 13.8. The van der Waals surface area contributed by atoms with Gasteiger partial charge in [0.15, 0.2) is 0 Å². The Kier molecular flexibility index (Phi) is 3.76. The third kappa shape index (κ3) is 3.24. The number of nitrogens with zero attached hydrogens (tertiary/aromatic N) is 2. The van der Waals surface area contributed by atoms with E-state index in [2.05, 4.69) is 50.3 Å². The van der Waals surface area contributed by atoms with Gasteiger partial charge in [0.05, 0.1) is 6.20 Å². The Labute approximate surface area is 115 Å². The van der Waals surface area contributed by atoms with Crippen molar-refractivity contribution in [1.82, 2.24) is 9.78 Å². The van der Waals surface area contributed by atoms with Crippen molar-refractivity contribution >= 4 is 0 Å². The van der Waals surface area contributed by atoms with Crippen molar-refractivity contribution in [2.75, 3.05) is 0 Å². The van der Waals surface area contributed by atoms with Gasteiger partial charge < -0.3 is 5.73 Å². The predicted octanol–water partition coefficient (Wildman–Crippen LogP) is 2.84. The summed E-state index contributed by atoms with van der Waals surface area (Å²) in [6.07, 6.45) is 5.84. The number of nitrogens with two attached hydrogens (primary N) is 1. The minimum absolute atomic E-state index is 0.300. The standard InChI is InChI=1S/C16H23N3/c1-12-5-6-13(2)15(9-12)16(3,17)8-7-14-10-18-19(4)11-14/h5-6,9-11H,7-8,17H2,1-4H3. The Morgan fingerprint density at radius 2 is 2.05 bits per heavy atom. The number of rotatable bonds is 4. The molecule has 1 heterocycles. The van der Waals surface area contributed by atoms with Gasteiger partial charge in [0.2, 0.25) is 0 Å². The zero-order chi connectivity index (χ0) is 14.0. The lowest BCUT2D eigenvalue weighted by Gasteiger charge is -2.27. The third-order valence-electron chi connectivity index (χ3n) is 3.70. The average Bonchev–Trinajstić information content (AvgIpc) is 2.76. The summed E-state index contributed by atoms with van der Waals surface area (Å²) >= 11 is 0. The summed E-state index contributed by atoms with van der Waals surface area (Å²) < 4.78 is 1.83. The van der Waals surface area contributed by atoms with E-state index < -0.39 is 0 Å². The van der Waals surface area contributed by atoms with Gasteiger partial charge in [-0.1, -0.05) is 23.8 Å². The number of benzene rings is 1. The molecule has 0 radical (unpaired) electrons. The Morgan fingerprint density at radius 1 is 1.32 bits per heavy atom. The first-order valence-electron chi connectivity index (χ1n) is 6.72. The first-order valence-corrected chi connectivity index (χ1v) is 6.72. The molecular formula is C16H23N3. The van der Waals surface area contributed by atoms with Crippen molar-refractivity contribution < 1.29 is 0 Å². The van der Waals surface area contributed by atoms with Gasteiger partial charge in [-0.2, -0.15) is 5.10 Å². The quantitative estimate of drug-likeness (QED) is 0.915. The van der Waals surface area contributed by atoms with Gasteiger partial charge in [-0.05, 0) is 50.3 Å². The van der Waals surface area contributed by atoms with Gasteiger partial charge in [-0.15, -0.1) is 0 Å². The number of hydrogen-bond donors (Lipinski definition) is 1. The smallest absolute Gasteiger partial charge is 0.0521 e.